The first-order chi connectivity index (χ1) is 8.16. The van der Waals surface area contributed by atoms with Crippen molar-refractivity contribution in [2.24, 2.45) is 0 Å². The molecule has 4 nitrogen and oxygen atoms in total. The molecule has 1 aromatic heterocycles. The zero-order chi connectivity index (χ0) is 12.3. The van der Waals surface area contributed by atoms with Gasteiger partial charge < -0.3 is 5.32 Å². The maximum absolute atomic E-state index is 11.8. The van der Waals surface area contributed by atoms with Crippen LogP contribution in [0, 0.1) is 6.92 Å². The van der Waals surface area contributed by atoms with Gasteiger partial charge in [0.25, 0.3) is 5.91 Å². The summed E-state index contributed by atoms with van der Waals surface area (Å²) in [4.78, 5) is 11.8. The molecule has 1 heterocycles. The van der Waals surface area contributed by atoms with Crippen LogP contribution < -0.4 is 5.32 Å². The topological polar surface area (TPSA) is 57.8 Å². The fraction of sp³-hybridized carbons (Fsp3) is 0.167. The normalized spacial score (nSPS) is 10.2. The highest BCUT2D eigenvalue weighted by molar-refractivity contribution is 6.30. The van der Waals surface area contributed by atoms with Gasteiger partial charge in [0, 0.05) is 17.3 Å². The van der Waals surface area contributed by atoms with Crippen molar-refractivity contribution < 1.29 is 4.79 Å². The number of benzene rings is 1. The molecule has 88 valence electrons. The van der Waals surface area contributed by atoms with Crippen molar-refractivity contribution in [3.05, 3.63) is 52.3 Å². The van der Waals surface area contributed by atoms with Crippen molar-refractivity contribution in [3.8, 4) is 0 Å². The van der Waals surface area contributed by atoms with Crippen LogP contribution >= 0.6 is 11.6 Å². The Hall–Kier alpha value is -1.81. The minimum absolute atomic E-state index is 0.142. The molecule has 0 aliphatic rings. The fourth-order valence-electron chi connectivity index (χ4n) is 1.50. The van der Waals surface area contributed by atoms with Gasteiger partial charge in [-0.25, -0.2) is 0 Å². The third-order valence-electron chi connectivity index (χ3n) is 2.42. The summed E-state index contributed by atoms with van der Waals surface area (Å²) in [6, 6.07) is 7.39. The van der Waals surface area contributed by atoms with E-state index in [0.717, 1.165) is 11.3 Å². The standard InChI is InChI=1S/C12H12ClN3O/c1-8-11(7-15-16-8)12(17)14-6-9-3-2-4-10(13)5-9/h2-5,7H,6H2,1H3,(H,14,17)(H,15,16). The number of halogens is 1. The van der Waals surface area contributed by atoms with Crippen LogP contribution in [-0.4, -0.2) is 16.1 Å². The van der Waals surface area contributed by atoms with Gasteiger partial charge in [0.15, 0.2) is 0 Å². The Balaban J connectivity index is 1.99. The van der Waals surface area contributed by atoms with E-state index >= 15 is 0 Å². The largest absolute Gasteiger partial charge is 0.348 e. The van der Waals surface area contributed by atoms with E-state index in [-0.39, 0.29) is 5.91 Å². The van der Waals surface area contributed by atoms with Crippen LogP contribution in [0.5, 0.6) is 0 Å². The Kier molecular flexibility index (Phi) is 3.44. The Morgan fingerprint density at radius 2 is 2.35 bits per heavy atom. The van der Waals surface area contributed by atoms with E-state index in [1.165, 1.54) is 6.20 Å². The number of H-pyrrole nitrogens is 1. The molecule has 0 radical (unpaired) electrons. The summed E-state index contributed by atoms with van der Waals surface area (Å²) in [6.07, 6.45) is 1.52. The van der Waals surface area contributed by atoms with Crippen LogP contribution in [-0.2, 0) is 6.54 Å². The highest BCUT2D eigenvalue weighted by Crippen LogP contribution is 2.10. The average molecular weight is 250 g/mol. The molecule has 2 aromatic rings. The summed E-state index contributed by atoms with van der Waals surface area (Å²) < 4.78 is 0. The molecule has 2 rings (SSSR count). The first-order valence-electron chi connectivity index (χ1n) is 5.19. The number of carbonyl (C=O) groups excluding carboxylic acids is 1. The number of nitrogens with one attached hydrogen (secondary N) is 2. The second kappa shape index (κ2) is 5.01. The molecule has 0 aliphatic heterocycles. The summed E-state index contributed by atoms with van der Waals surface area (Å²) in [5, 5.41) is 10.0. The summed E-state index contributed by atoms with van der Waals surface area (Å²) >= 11 is 5.86. The molecule has 2 N–H and O–H groups in total. The molecule has 0 saturated carbocycles. The molecular weight excluding hydrogens is 238 g/mol. The van der Waals surface area contributed by atoms with Crippen LogP contribution in [0.25, 0.3) is 0 Å². The molecule has 17 heavy (non-hydrogen) atoms. The number of rotatable bonds is 3. The molecule has 0 saturated heterocycles. The molecule has 0 unspecified atom stereocenters. The van der Waals surface area contributed by atoms with Gasteiger partial charge in [-0.2, -0.15) is 5.10 Å². The quantitative estimate of drug-likeness (QED) is 0.877. The van der Waals surface area contributed by atoms with Crippen LogP contribution in [0.15, 0.2) is 30.5 Å². The van der Waals surface area contributed by atoms with Crippen molar-refractivity contribution in [2.75, 3.05) is 0 Å². The SMILES string of the molecule is Cc1[nH]ncc1C(=O)NCc1cccc(Cl)c1. The number of aromatic nitrogens is 2. The summed E-state index contributed by atoms with van der Waals surface area (Å²) in [5.41, 5.74) is 2.28. The lowest BCUT2D eigenvalue weighted by molar-refractivity contribution is 0.0950. The lowest BCUT2D eigenvalue weighted by atomic mass is 10.2. The fourth-order valence-corrected chi connectivity index (χ4v) is 1.72. The lowest BCUT2D eigenvalue weighted by Crippen LogP contribution is -2.23. The number of amides is 1. The minimum Gasteiger partial charge on any atom is -0.348 e. The molecule has 0 atom stereocenters. The molecule has 0 aliphatic carbocycles. The highest BCUT2D eigenvalue weighted by Gasteiger charge is 2.09. The predicted octanol–water partition coefficient (Wildman–Crippen LogP) is 2.30. The van der Waals surface area contributed by atoms with Crippen LogP contribution in [0.3, 0.4) is 0 Å². The molecule has 0 bridgehead atoms. The molecule has 0 spiro atoms. The van der Waals surface area contributed by atoms with Crippen LogP contribution in [0.4, 0.5) is 0 Å². The number of aryl methyl sites for hydroxylation is 1. The van der Waals surface area contributed by atoms with E-state index in [0.29, 0.717) is 17.1 Å². The van der Waals surface area contributed by atoms with Crippen molar-refractivity contribution in [3.63, 3.8) is 0 Å². The monoisotopic (exact) mass is 249 g/mol. The van der Waals surface area contributed by atoms with E-state index in [9.17, 15) is 4.79 Å². The summed E-state index contributed by atoms with van der Waals surface area (Å²) in [6.45, 7) is 2.26. The average Bonchev–Trinajstić information content (AvgIpc) is 2.72. The molecule has 1 aromatic carbocycles. The number of carbonyl (C=O) groups is 1. The van der Waals surface area contributed by atoms with Crippen molar-refractivity contribution in [2.45, 2.75) is 13.5 Å². The van der Waals surface area contributed by atoms with Gasteiger partial charge in [0.2, 0.25) is 0 Å². The van der Waals surface area contributed by atoms with Gasteiger partial charge in [-0.1, -0.05) is 23.7 Å². The Labute approximate surface area is 104 Å². The minimum atomic E-state index is -0.142. The Morgan fingerprint density at radius 3 is 3.00 bits per heavy atom. The van der Waals surface area contributed by atoms with Crippen LogP contribution in [0.1, 0.15) is 21.6 Å². The molecule has 5 heteroatoms. The second-order valence-electron chi connectivity index (χ2n) is 3.72. The maximum Gasteiger partial charge on any atom is 0.255 e. The summed E-state index contributed by atoms with van der Waals surface area (Å²) in [5.74, 6) is -0.142. The maximum atomic E-state index is 11.8. The Morgan fingerprint density at radius 1 is 1.53 bits per heavy atom. The van der Waals surface area contributed by atoms with Gasteiger partial charge in [0.05, 0.1) is 11.8 Å². The first-order valence-corrected chi connectivity index (χ1v) is 5.57. The van der Waals surface area contributed by atoms with E-state index in [4.69, 9.17) is 11.6 Å². The van der Waals surface area contributed by atoms with Crippen molar-refractivity contribution in [1.82, 2.24) is 15.5 Å². The number of aromatic amines is 1. The third-order valence-corrected chi connectivity index (χ3v) is 2.65. The van der Waals surface area contributed by atoms with Crippen molar-refractivity contribution in [1.29, 1.82) is 0 Å². The van der Waals surface area contributed by atoms with Gasteiger partial charge in [-0.3, -0.25) is 9.89 Å². The van der Waals surface area contributed by atoms with Gasteiger partial charge >= 0.3 is 0 Å². The second-order valence-corrected chi connectivity index (χ2v) is 4.16. The van der Waals surface area contributed by atoms with E-state index in [2.05, 4.69) is 15.5 Å². The summed E-state index contributed by atoms with van der Waals surface area (Å²) in [7, 11) is 0. The smallest absolute Gasteiger partial charge is 0.255 e. The molecule has 1 amide bonds. The Bertz CT molecular complexity index is 536. The number of hydrogen-bond donors (Lipinski definition) is 2. The molecule has 0 fully saturated rings. The van der Waals surface area contributed by atoms with E-state index in [1.807, 2.05) is 18.2 Å². The highest BCUT2D eigenvalue weighted by atomic mass is 35.5. The number of hydrogen-bond acceptors (Lipinski definition) is 2. The zero-order valence-electron chi connectivity index (χ0n) is 9.33. The number of nitrogens with zero attached hydrogens (tertiary/aromatic N) is 1. The van der Waals surface area contributed by atoms with Crippen molar-refractivity contribution >= 4 is 17.5 Å². The first kappa shape index (κ1) is 11.7. The van der Waals surface area contributed by atoms with E-state index in [1.54, 1.807) is 13.0 Å². The molecular formula is C12H12ClN3O. The van der Waals surface area contributed by atoms with Crippen LogP contribution in [0.2, 0.25) is 5.02 Å². The third kappa shape index (κ3) is 2.85. The van der Waals surface area contributed by atoms with Gasteiger partial charge in [0.1, 0.15) is 0 Å². The van der Waals surface area contributed by atoms with Gasteiger partial charge in [-0.05, 0) is 24.6 Å². The zero-order valence-corrected chi connectivity index (χ0v) is 10.1. The lowest BCUT2D eigenvalue weighted by Gasteiger charge is -2.04. The van der Waals surface area contributed by atoms with Gasteiger partial charge in [-0.15, -0.1) is 0 Å². The van der Waals surface area contributed by atoms with E-state index < -0.39 is 0 Å². The predicted molar refractivity (Wildman–Crippen MR) is 65.9 cm³/mol.